The van der Waals surface area contributed by atoms with Gasteiger partial charge in [0.1, 0.15) is 5.69 Å². The third-order valence-corrected chi connectivity index (χ3v) is 0.901. The van der Waals surface area contributed by atoms with Crippen molar-refractivity contribution in [3.63, 3.8) is 0 Å². The van der Waals surface area contributed by atoms with Gasteiger partial charge in [-0.05, 0) is 0 Å². The molecule has 9 heavy (non-hydrogen) atoms. The normalized spacial score (nSPS) is 9.56. The zero-order valence-corrected chi connectivity index (χ0v) is 5.00. The number of aliphatic hydroxyl groups excluding tert-OH is 1. The SMILES string of the molecule is COc1cc(CO)no1. The van der Waals surface area contributed by atoms with Gasteiger partial charge in [0.15, 0.2) is 0 Å². The summed E-state index contributed by atoms with van der Waals surface area (Å²) in [6.45, 7) is -0.118. The van der Waals surface area contributed by atoms with E-state index in [1.807, 2.05) is 0 Å². The minimum absolute atomic E-state index is 0.118. The predicted octanol–water partition coefficient (Wildman–Crippen LogP) is 0.175. The zero-order valence-electron chi connectivity index (χ0n) is 5.00. The first-order valence-electron chi connectivity index (χ1n) is 2.47. The van der Waals surface area contributed by atoms with Crippen LogP contribution in [0.2, 0.25) is 0 Å². The summed E-state index contributed by atoms with van der Waals surface area (Å²) in [4.78, 5) is 0. The topological polar surface area (TPSA) is 55.5 Å². The standard InChI is InChI=1S/C5H7NO3/c1-8-5-2-4(3-7)6-9-5/h2,7H,3H2,1H3. The number of hydrogen-bond donors (Lipinski definition) is 1. The van der Waals surface area contributed by atoms with E-state index in [0.717, 1.165) is 0 Å². The number of aromatic nitrogens is 1. The molecule has 0 unspecified atom stereocenters. The molecule has 0 atom stereocenters. The van der Waals surface area contributed by atoms with Crippen molar-refractivity contribution >= 4 is 0 Å². The van der Waals surface area contributed by atoms with Gasteiger partial charge >= 0.3 is 5.95 Å². The Morgan fingerprint density at radius 2 is 2.67 bits per heavy atom. The van der Waals surface area contributed by atoms with Gasteiger partial charge in [-0.3, -0.25) is 0 Å². The summed E-state index contributed by atoms with van der Waals surface area (Å²) in [5, 5.41) is 11.9. The molecular formula is C5H7NO3. The number of methoxy groups -OCH3 is 1. The van der Waals surface area contributed by atoms with Crippen molar-refractivity contribution in [1.29, 1.82) is 0 Å². The van der Waals surface area contributed by atoms with Crippen LogP contribution in [0, 0.1) is 0 Å². The molecular weight excluding hydrogens is 122 g/mol. The Morgan fingerprint density at radius 1 is 1.89 bits per heavy atom. The van der Waals surface area contributed by atoms with Gasteiger partial charge in [-0.1, -0.05) is 5.16 Å². The summed E-state index contributed by atoms with van der Waals surface area (Å²) >= 11 is 0. The van der Waals surface area contributed by atoms with Crippen LogP contribution in [0.25, 0.3) is 0 Å². The Bertz CT molecular complexity index is 166. The van der Waals surface area contributed by atoms with Crippen LogP contribution in [0.4, 0.5) is 0 Å². The second-order valence-electron chi connectivity index (χ2n) is 1.50. The van der Waals surface area contributed by atoms with Crippen LogP contribution in [0.15, 0.2) is 10.6 Å². The smallest absolute Gasteiger partial charge is 0.311 e. The fraction of sp³-hybridized carbons (Fsp3) is 0.400. The lowest BCUT2D eigenvalue weighted by molar-refractivity contribution is 0.243. The van der Waals surface area contributed by atoms with Crippen molar-refractivity contribution in [2.24, 2.45) is 0 Å². The largest absolute Gasteiger partial charge is 0.467 e. The van der Waals surface area contributed by atoms with E-state index in [4.69, 9.17) is 5.11 Å². The molecule has 50 valence electrons. The minimum Gasteiger partial charge on any atom is -0.467 e. The number of aliphatic hydroxyl groups is 1. The predicted molar refractivity (Wildman–Crippen MR) is 29.0 cm³/mol. The van der Waals surface area contributed by atoms with Crippen LogP contribution in [0.3, 0.4) is 0 Å². The monoisotopic (exact) mass is 129 g/mol. The quantitative estimate of drug-likeness (QED) is 0.618. The van der Waals surface area contributed by atoms with Crippen molar-refractivity contribution in [2.75, 3.05) is 7.11 Å². The van der Waals surface area contributed by atoms with Gasteiger partial charge in [0.25, 0.3) is 0 Å². The lowest BCUT2D eigenvalue weighted by Crippen LogP contribution is -1.79. The van der Waals surface area contributed by atoms with E-state index >= 15 is 0 Å². The third-order valence-electron chi connectivity index (χ3n) is 0.901. The molecule has 0 radical (unpaired) electrons. The average molecular weight is 129 g/mol. The molecule has 0 aliphatic heterocycles. The van der Waals surface area contributed by atoms with E-state index in [1.54, 1.807) is 0 Å². The second kappa shape index (κ2) is 2.50. The lowest BCUT2D eigenvalue weighted by Gasteiger charge is -1.83. The molecule has 0 fully saturated rings. The first kappa shape index (κ1) is 6.10. The van der Waals surface area contributed by atoms with Crippen LogP contribution < -0.4 is 4.74 Å². The van der Waals surface area contributed by atoms with Crippen LogP contribution in [0.1, 0.15) is 5.69 Å². The van der Waals surface area contributed by atoms with Gasteiger partial charge in [0.05, 0.1) is 13.7 Å². The van der Waals surface area contributed by atoms with E-state index in [0.29, 0.717) is 11.6 Å². The summed E-state index contributed by atoms with van der Waals surface area (Å²) in [7, 11) is 1.47. The molecule has 0 aliphatic carbocycles. The van der Waals surface area contributed by atoms with Crippen molar-refractivity contribution in [3.8, 4) is 5.95 Å². The van der Waals surface area contributed by atoms with Crippen LogP contribution in [0.5, 0.6) is 5.95 Å². The van der Waals surface area contributed by atoms with E-state index in [-0.39, 0.29) is 6.61 Å². The highest BCUT2D eigenvalue weighted by atomic mass is 16.6. The number of hydrogen-bond acceptors (Lipinski definition) is 4. The Hall–Kier alpha value is -1.03. The maximum atomic E-state index is 8.47. The summed E-state index contributed by atoms with van der Waals surface area (Å²) in [5.74, 6) is 0.319. The number of rotatable bonds is 2. The van der Waals surface area contributed by atoms with Gasteiger partial charge in [0, 0.05) is 6.07 Å². The van der Waals surface area contributed by atoms with E-state index < -0.39 is 0 Å². The lowest BCUT2D eigenvalue weighted by atomic mass is 10.5. The third kappa shape index (κ3) is 1.20. The summed E-state index contributed by atoms with van der Waals surface area (Å²) < 4.78 is 9.23. The molecule has 1 rings (SSSR count). The first-order chi connectivity index (χ1) is 4.36. The van der Waals surface area contributed by atoms with Gasteiger partial charge in [-0.2, -0.15) is 0 Å². The van der Waals surface area contributed by atoms with Gasteiger partial charge in [-0.15, -0.1) is 0 Å². The maximum Gasteiger partial charge on any atom is 0.311 e. The molecule has 0 spiro atoms. The van der Waals surface area contributed by atoms with Gasteiger partial charge in [0.2, 0.25) is 0 Å². The molecule has 4 nitrogen and oxygen atoms in total. The molecule has 1 heterocycles. The molecule has 4 heteroatoms. The van der Waals surface area contributed by atoms with E-state index in [2.05, 4.69) is 14.4 Å². The number of nitrogens with zero attached hydrogens (tertiary/aromatic N) is 1. The fourth-order valence-corrected chi connectivity index (χ4v) is 0.463. The molecule has 1 aromatic heterocycles. The number of ether oxygens (including phenoxy) is 1. The van der Waals surface area contributed by atoms with Crippen molar-refractivity contribution < 1.29 is 14.4 Å². The highest BCUT2D eigenvalue weighted by Crippen LogP contribution is 2.10. The molecule has 0 aromatic carbocycles. The summed E-state index contributed by atoms with van der Waals surface area (Å²) in [6.07, 6.45) is 0. The van der Waals surface area contributed by atoms with Crippen LogP contribution in [-0.2, 0) is 6.61 Å². The average Bonchev–Trinajstić information content (AvgIpc) is 2.34. The zero-order chi connectivity index (χ0) is 6.69. The molecule has 0 bridgehead atoms. The molecule has 1 aromatic rings. The Labute approximate surface area is 52.0 Å². The highest BCUT2D eigenvalue weighted by Gasteiger charge is 1.99. The molecule has 0 saturated heterocycles. The second-order valence-corrected chi connectivity index (χ2v) is 1.50. The first-order valence-corrected chi connectivity index (χ1v) is 2.47. The van der Waals surface area contributed by atoms with E-state index in [9.17, 15) is 0 Å². The molecule has 0 saturated carbocycles. The van der Waals surface area contributed by atoms with Crippen LogP contribution in [-0.4, -0.2) is 17.4 Å². The molecule has 0 amide bonds. The fourth-order valence-electron chi connectivity index (χ4n) is 0.463. The van der Waals surface area contributed by atoms with Crippen molar-refractivity contribution in [1.82, 2.24) is 5.16 Å². The Morgan fingerprint density at radius 3 is 3.00 bits per heavy atom. The highest BCUT2D eigenvalue weighted by molar-refractivity contribution is 5.08. The molecule has 1 N–H and O–H groups in total. The van der Waals surface area contributed by atoms with E-state index in [1.165, 1.54) is 13.2 Å². The Balaban J connectivity index is 2.74. The molecule has 0 aliphatic rings. The van der Waals surface area contributed by atoms with Gasteiger partial charge in [-0.25, -0.2) is 0 Å². The minimum atomic E-state index is -0.118. The summed E-state index contributed by atoms with van der Waals surface area (Å²) in [6, 6.07) is 1.53. The Kier molecular flexibility index (Phi) is 1.69. The maximum absolute atomic E-state index is 8.47. The van der Waals surface area contributed by atoms with Crippen molar-refractivity contribution in [2.45, 2.75) is 6.61 Å². The van der Waals surface area contributed by atoms with Crippen LogP contribution >= 0.6 is 0 Å². The summed E-state index contributed by atoms with van der Waals surface area (Å²) in [5.41, 5.74) is 0.479. The van der Waals surface area contributed by atoms with Gasteiger partial charge < -0.3 is 14.4 Å². The van der Waals surface area contributed by atoms with Crippen molar-refractivity contribution in [3.05, 3.63) is 11.8 Å².